The molecule has 1 heterocycles. The zero-order valence-electron chi connectivity index (χ0n) is 4.02. The average Bonchev–Trinajstić information content (AvgIpc) is 1.65. The van der Waals surface area contributed by atoms with Crippen molar-refractivity contribution < 1.29 is 14.0 Å². The summed E-state index contributed by atoms with van der Waals surface area (Å²) in [5, 5.41) is 0. The number of hydrogen-bond donors (Lipinski definition) is 1. The lowest BCUT2D eigenvalue weighted by molar-refractivity contribution is 0.358. The van der Waals surface area contributed by atoms with Gasteiger partial charge in [-0.25, -0.2) is 4.57 Å². The van der Waals surface area contributed by atoms with E-state index in [0.29, 0.717) is 0 Å². The van der Waals surface area contributed by atoms with E-state index in [0.717, 1.165) is 5.82 Å². The predicted molar refractivity (Wildman–Crippen MR) is 29.2 cm³/mol. The van der Waals surface area contributed by atoms with Crippen LogP contribution < -0.4 is 0 Å². The normalized spacial score (nSPS) is 34.6. The van der Waals surface area contributed by atoms with Gasteiger partial charge in [-0.1, -0.05) is 0 Å². The van der Waals surface area contributed by atoms with Crippen LogP contribution in [0.3, 0.4) is 0 Å². The quantitative estimate of drug-likeness (QED) is 0.504. The first-order chi connectivity index (χ1) is 3.71. The highest BCUT2D eigenvalue weighted by molar-refractivity contribution is 7.56. The van der Waals surface area contributed by atoms with Gasteiger partial charge in [0.05, 0.1) is 6.26 Å². The molecule has 1 atom stereocenters. The van der Waals surface area contributed by atoms with Crippen molar-refractivity contribution in [3.05, 3.63) is 24.2 Å². The Morgan fingerprint density at radius 3 is 2.50 bits per heavy atom. The Labute approximate surface area is 46.8 Å². The van der Waals surface area contributed by atoms with Crippen LogP contribution in [0.5, 0.6) is 0 Å². The monoisotopic (exact) mass is 132 g/mol. The molecule has 0 aromatic heterocycles. The second kappa shape index (κ2) is 1.77. The van der Waals surface area contributed by atoms with Crippen LogP contribution in [0.15, 0.2) is 24.2 Å². The molecule has 1 aliphatic heterocycles. The maximum absolute atomic E-state index is 10.4. The molecule has 8 heavy (non-hydrogen) atoms. The van der Waals surface area contributed by atoms with Crippen LogP contribution >= 0.6 is 7.60 Å². The topological polar surface area (TPSA) is 46.5 Å². The molecule has 1 N–H and O–H groups in total. The van der Waals surface area contributed by atoms with E-state index < -0.39 is 7.60 Å². The SMILES string of the molecule is O=P1(O)C=CC=CO1. The lowest BCUT2D eigenvalue weighted by Crippen LogP contribution is -1.79. The van der Waals surface area contributed by atoms with Crippen LogP contribution in [0, 0.1) is 0 Å². The predicted octanol–water partition coefficient (Wildman–Crippen LogP) is 1.23. The minimum Gasteiger partial charge on any atom is -0.430 e. The molecule has 0 bridgehead atoms. The van der Waals surface area contributed by atoms with Crippen LogP contribution in [0.1, 0.15) is 0 Å². The number of allylic oxidation sites excluding steroid dienone is 2. The molecule has 4 heteroatoms. The van der Waals surface area contributed by atoms with Crippen molar-refractivity contribution >= 4 is 7.60 Å². The molecule has 0 amide bonds. The Hall–Kier alpha value is -0.530. The smallest absolute Gasteiger partial charge is 0.400 e. The summed E-state index contributed by atoms with van der Waals surface area (Å²) in [5.74, 6) is 1.13. The molecule has 0 spiro atoms. The fourth-order valence-corrected chi connectivity index (χ4v) is 0.993. The molecule has 1 aliphatic rings. The number of hydrogen-bond acceptors (Lipinski definition) is 2. The molecule has 0 aromatic carbocycles. The highest BCUT2D eigenvalue weighted by atomic mass is 31.2. The van der Waals surface area contributed by atoms with Crippen LogP contribution in [0.4, 0.5) is 0 Å². The standard InChI is InChI=1S/C4H5O3P/c5-8(6)4-2-1-3-7-8/h1-4H,(H,5,6). The summed E-state index contributed by atoms with van der Waals surface area (Å²) >= 11 is 0. The Balaban J connectivity index is 2.81. The molecule has 3 nitrogen and oxygen atoms in total. The van der Waals surface area contributed by atoms with Gasteiger partial charge < -0.3 is 9.42 Å². The van der Waals surface area contributed by atoms with Gasteiger partial charge in [-0.05, 0) is 12.2 Å². The van der Waals surface area contributed by atoms with Gasteiger partial charge in [0.15, 0.2) is 0 Å². The van der Waals surface area contributed by atoms with Gasteiger partial charge in [0, 0.05) is 5.82 Å². The maximum atomic E-state index is 10.4. The van der Waals surface area contributed by atoms with E-state index in [1.54, 1.807) is 6.08 Å². The second-order valence-electron chi connectivity index (χ2n) is 1.34. The van der Waals surface area contributed by atoms with Crippen molar-refractivity contribution in [1.29, 1.82) is 0 Å². The zero-order chi connectivity index (χ0) is 6.04. The van der Waals surface area contributed by atoms with Crippen LogP contribution in [-0.4, -0.2) is 4.89 Å². The van der Waals surface area contributed by atoms with Crippen molar-refractivity contribution in [3.63, 3.8) is 0 Å². The summed E-state index contributed by atoms with van der Waals surface area (Å²) in [6.45, 7) is 0. The van der Waals surface area contributed by atoms with Crippen molar-refractivity contribution in [2.75, 3.05) is 0 Å². The van der Waals surface area contributed by atoms with Gasteiger partial charge in [0.1, 0.15) is 0 Å². The van der Waals surface area contributed by atoms with E-state index in [2.05, 4.69) is 4.52 Å². The molecule has 0 radical (unpaired) electrons. The van der Waals surface area contributed by atoms with Crippen molar-refractivity contribution in [3.8, 4) is 0 Å². The maximum Gasteiger partial charge on any atom is 0.400 e. The highest BCUT2D eigenvalue weighted by Crippen LogP contribution is 2.45. The third kappa shape index (κ3) is 1.22. The molecule has 1 rings (SSSR count). The third-order valence-electron chi connectivity index (χ3n) is 0.676. The van der Waals surface area contributed by atoms with Crippen LogP contribution in [0.2, 0.25) is 0 Å². The fourth-order valence-electron chi connectivity index (χ4n) is 0.361. The molecule has 0 fully saturated rings. The molecular formula is C4H5O3P. The molecule has 0 saturated heterocycles. The Bertz CT molecular complexity index is 182. The average molecular weight is 132 g/mol. The van der Waals surface area contributed by atoms with Gasteiger partial charge in [0.2, 0.25) is 0 Å². The zero-order valence-corrected chi connectivity index (χ0v) is 4.91. The Kier molecular flexibility index (Phi) is 1.24. The molecular weight excluding hydrogens is 127 g/mol. The molecule has 0 saturated carbocycles. The van der Waals surface area contributed by atoms with Crippen molar-refractivity contribution in [1.82, 2.24) is 0 Å². The second-order valence-corrected chi connectivity index (χ2v) is 2.98. The Morgan fingerprint density at radius 2 is 2.25 bits per heavy atom. The summed E-state index contributed by atoms with van der Waals surface area (Å²) in [4.78, 5) is 8.57. The van der Waals surface area contributed by atoms with Crippen molar-refractivity contribution in [2.24, 2.45) is 0 Å². The van der Waals surface area contributed by atoms with Gasteiger partial charge in [0.25, 0.3) is 0 Å². The van der Waals surface area contributed by atoms with Crippen LogP contribution in [-0.2, 0) is 9.09 Å². The van der Waals surface area contributed by atoms with Crippen molar-refractivity contribution in [2.45, 2.75) is 0 Å². The third-order valence-corrected chi connectivity index (χ3v) is 1.65. The fraction of sp³-hybridized carbons (Fsp3) is 0. The van der Waals surface area contributed by atoms with E-state index >= 15 is 0 Å². The van der Waals surface area contributed by atoms with E-state index in [4.69, 9.17) is 4.89 Å². The minimum atomic E-state index is -3.35. The largest absolute Gasteiger partial charge is 0.430 e. The van der Waals surface area contributed by atoms with E-state index in [-0.39, 0.29) is 0 Å². The molecule has 1 unspecified atom stereocenters. The summed E-state index contributed by atoms with van der Waals surface area (Å²) in [6.07, 6.45) is 4.22. The molecule has 0 aliphatic carbocycles. The summed E-state index contributed by atoms with van der Waals surface area (Å²) in [7, 11) is -3.35. The van der Waals surface area contributed by atoms with Crippen LogP contribution in [0.25, 0.3) is 0 Å². The Morgan fingerprint density at radius 1 is 1.50 bits per heavy atom. The molecule has 0 aromatic rings. The lowest BCUT2D eigenvalue weighted by atomic mass is 10.6. The van der Waals surface area contributed by atoms with Gasteiger partial charge >= 0.3 is 7.60 Å². The minimum absolute atomic E-state index is 1.13. The van der Waals surface area contributed by atoms with Gasteiger partial charge in [-0.3, -0.25) is 0 Å². The van der Waals surface area contributed by atoms with E-state index in [1.807, 2.05) is 0 Å². The number of rotatable bonds is 0. The summed E-state index contributed by atoms with van der Waals surface area (Å²) < 4.78 is 14.7. The van der Waals surface area contributed by atoms with E-state index in [9.17, 15) is 4.57 Å². The summed E-state index contributed by atoms with van der Waals surface area (Å²) in [5.41, 5.74) is 0. The summed E-state index contributed by atoms with van der Waals surface area (Å²) in [6, 6.07) is 0. The first kappa shape index (κ1) is 5.60. The first-order valence-electron chi connectivity index (χ1n) is 2.06. The van der Waals surface area contributed by atoms with E-state index in [1.165, 1.54) is 12.3 Å². The lowest BCUT2D eigenvalue weighted by Gasteiger charge is -2.05. The van der Waals surface area contributed by atoms with Gasteiger partial charge in [-0.2, -0.15) is 0 Å². The first-order valence-corrected chi connectivity index (χ1v) is 3.71. The van der Waals surface area contributed by atoms with Gasteiger partial charge in [-0.15, -0.1) is 0 Å². The highest BCUT2D eigenvalue weighted by Gasteiger charge is 2.13. The molecule has 44 valence electrons.